The lowest BCUT2D eigenvalue weighted by molar-refractivity contribution is 0.0949. The first-order chi connectivity index (χ1) is 12.9. The third-order valence-corrected chi connectivity index (χ3v) is 6.63. The fourth-order valence-corrected chi connectivity index (χ4v) is 4.61. The molecule has 0 aliphatic carbocycles. The monoisotopic (exact) mass is 387 g/mol. The van der Waals surface area contributed by atoms with Gasteiger partial charge in [-0.05, 0) is 63.1 Å². The van der Waals surface area contributed by atoms with Crippen molar-refractivity contribution in [2.75, 3.05) is 24.6 Å². The van der Waals surface area contributed by atoms with Gasteiger partial charge < -0.3 is 0 Å². The highest BCUT2D eigenvalue weighted by molar-refractivity contribution is 7.89. The number of nitrogens with one attached hydrogen (secondary N) is 1. The van der Waals surface area contributed by atoms with Crippen molar-refractivity contribution < 1.29 is 13.2 Å². The fraction of sp³-hybridized carbons (Fsp3) is 0.350. The molecule has 1 amide bonds. The van der Waals surface area contributed by atoms with Crippen molar-refractivity contribution in [2.24, 2.45) is 0 Å². The van der Waals surface area contributed by atoms with Gasteiger partial charge in [0.05, 0.1) is 10.6 Å². The Morgan fingerprint density at radius 2 is 1.63 bits per heavy atom. The van der Waals surface area contributed by atoms with Crippen molar-refractivity contribution >= 4 is 21.6 Å². The maximum Gasteiger partial charge on any atom is 0.269 e. The number of hydrogen-bond acceptors (Lipinski definition) is 4. The number of hydrogen-bond donors (Lipinski definition) is 1. The smallest absolute Gasteiger partial charge is 0.269 e. The second-order valence-electron chi connectivity index (χ2n) is 6.66. The number of carbonyl (C=O) groups excluding carboxylic acids is 1. The average molecular weight is 388 g/mol. The highest BCUT2D eigenvalue weighted by Crippen LogP contribution is 2.21. The van der Waals surface area contributed by atoms with Gasteiger partial charge in [0.25, 0.3) is 5.91 Å². The summed E-state index contributed by atoms with van der Waals surface area (Å²) in [5.41, 5.74) is 5.33. The second kappa shape index (κ2) is 8.10. The molecule has 1 N–H and O–H groups in total. The summed E-state index contributed by atoms with van der Waals surface area (Å²) in [6.45, 7) is 5.69. The van der Waals surface area contributed by atoms with Crippen LogP contribution in [0.5, 0.6) is 0 Å². The van der Waals surface area contributed by atoms with Gasteiger partial charge in [0.2, 0.25) is 10.0 Å². The molecule has 1 heterocycles. The molecule has 6 nitrogen and oxygen atoms in total. The molecule has 1 saturated heterocycles. The van der Waals surface area contributed by atoms with E-state index >= 15 is 0 Å². The summed E-state index contributed by atoms with van der Waals surface area (Å²) in [4.78, 5) is 12.8. The van der Waals surface area contributed by atoms with Crippen LogP contribution in [0.25, 0.3) is 0 Å². The summed E-state index contributed by atoms with van der Waals surface area (Å²) in [5.74, 6) is -0.275. The van der Waals surface area contributed by atoms with E-state index in [1.165, 1.54) is 16.4 Å². The van der Waals surface area contributed by atoms with Crippen LogP contribution in [0.3, 0.4) is 0 Å². The van der Waals surface area contributed by atoms with Crippen LogP contribution in [-0.2, 0) is 10.0 Å². The van der Waals surface area contributed by atoms with E-state index in [4.69, 9.17) is 0 Å². The molecule has 0 radical (unpaired) electrons. The summed E-state index contributed by atoms with van der Waals surface area (Å²) < 4.78 is 26.6. The van der Waals surface area contributed by atoms with Gasteiger partial charge in [0.15, 0.2) is 0 Å². The highest BCUT2D eigenvalue weighted by Gasteiger charge is 2.27. The zero-order chi connectivity index (χ0) is 19.4. The third kappa shape index (κ3) is 4.31. The number of amides is 1. The Morgan fingerprint density at radius 3 is 2.19 bits per heavy atom. The van der Waals surface area contributed by atoms with Crippen molar-refractivity contribution in [2.45, 2.75) is 31.6 Å². The summed E-state index contributed by atoms with van der Waals surface area (Å²) in [6, 6.07) is 14.0. The lowest BCUT2D eigenvalue weighted by Crippen LogP contribution is -2.42. The Bertz CT molecular complexity index is 887. The number of carbonyl (C=O) groups is 1. The number of aryl methyl sites for hydroxylation is 1. The minimum Gasteiger partial charge on any atom is -0.286 e. The number of hydrazine groups is 1. The van der Waals surface area contributed by atoms with Crippen molar-refractivity contribution in [3.8, 4) is 0 Å². The van der Waals surface area contributed by atoms with Gasteiger partial charge in [0, 0.05) is 25.2 Å². The van der Waals surface area contributed by atoms with Gasteiger partial charge in [-0.25, -0.2) is 8.42 Å². The Kier molecular flexibility index (Phi) is 5.82. The maximum absolute atomic E-state index is 12.6. The Labute approximate surface area is 160 Å². The van der Waals surface area contributed by atoms with Crippen LogP contribution in [-0.4, -0.2) is 38.3 Å². The minimum atomic E-state index is -3.46. The maximum atomic E-state index is 12.6. The molecular weight excluding hydrogens is 362 g/mol. The summed E-state index contributed by atoms with van der Waals surface area (Å²) in [5, 5.41) is 1.76. The molecule has 0 aromatic heterocycles. The molecule has 0 atom stereocenters. The highest BCUT2D eigenvalue weighted by atomic mass is 32.2. The van der Waals surface area contributed by atoms with Gasteiger partial charge in [-0.2, -0.15) is 4.31 Å². The predicted octanol–water partition coefficient (Wildman–Crippen LogP) is 2.95. The van der Waals surface area contributed by atoms with Crippen molar-refractivity contribution in [1.82, 2.24) is 9.73 Å². The van der Waals surface area contributed by atoms with Gasteiger partial charge in [-0.15, -0.1) is 0 Å². The number of anilines is 1. The first kappa shape index (κ1) is 19.4. The van der Waals surface area contributed by atoms with Crippen LogP contribution in [0.15, 0.2) is 53.4 Å². The SMILES string of the molecule is CCN(NC(=O)c1ccc(S(=O)(=O)N2CCCC2)cc1)c1ccc(C)cc1. The van der Waals surface area contributed by atoms with E-state index in [0.717, 1.165) is 24.1 Å². The molecule has 2 aromatic carbocycles. The van der Waals surface area contributed by atoms with Gasteiger partial charge in [-0.1, -0.05) is 17.7 Å². The zero-order valence-corrected chi connectivity index (χ0v) is 16.5. The predicted molar refractivity (Wildman–Crippen MR) is 106 cm³/mol. The summed E-state index contributed by atoms with van der Waals surface area (Å²) in [6.07, 6.45) is 1.79. The fourth-order valence-electron chi connectivity index (χ4n) is 3.09. The number of rotatable bonds is 6. The topological polar surface area (TPSA) is 69.7 Å². The molecule has 3 rings (SSSR count). The van der Waals surface area contributed by atoms with Crippen LogP contribution < -0.4 is 10.4 Å². The van der Waals surface area contributed by atoms with Crippen molar-refractivity contribution in [1.29, 1.82) is 0 Å². The zero-order valence-electron chi connectivity index (χ0n) is 15.7. The molecule has 1 aliphatic rings. The molecule has 1 aliphatic heterocycles. The van der Waals surface area contributed by atoms with Gasteiger partial charge >= 0.3 is 0 Å². The number of benzene rings is 2. The van der Waals surface area contributed by atoms with E-state index in [1.807, 2.05) is 38.1 Å². The van der Waals surface area contributed by atoms with Crippen LogP contribution >= 0.6 is 0 Å². The van der Waals surface area contributed by atoms with E-state index in [1.54, 1.807) is 17.1 Å². The van der Waals surface area contributed by atoms with E-state index in [2.05, 4.69) is 5.43 Å². The number of nitrogens with zero attached hydrogens (tertiary/aromatic N) is 2. The average Bonchev–Trinajstić information content (AvgIpc) is 3.22. The van der Waals surface area contributed by atoms with Gasteiger partial charge in [0.1, 0.15) is 0 Å². The Morgan fingerprint density at radius 1 is 1.04 bits per heavy atom. The molecule has 7 heteroatoms. The molecule has 27 heavy (non-hydrogen) atoms. The molecule has 0 bridgehead atoms. The van der Waals surface area contributed by atoms with Crippen LogP contribution in [0.2, 0.25) is 0 Å². The molecule has 0 unspecified atom stereocenters. The van der Waals surface area contributed by atoms with Crippen LogP contribution in [0.1, 0.15) is 35.7 Å². The van der Waals surface area contributed by atoms with E-state index in [-0.39, 0.29) is 10.8 Å². The van der Waals surface area contributed by atoms with E-state index < -0.39 is 10.0 Å². The molecule has 0 spiro atoms. The lowest BCUT2D eigenvalue weighted by atomic mass is 10.2. The van der Waals surface area contributed by atoms with Crippen LogP contribution in [0.4, 0.5) is 5.69 Å². The van der Waals surface area contributed by atoms with Crippen molar-refractivity contribution in [3.05, 3.63) is 59.7 Å². The molecular formula is C20H25N3O3S. The largest absolute Gasteiger partial charge is 0.286 e. The standard InChI is InChI=1S/C20H25N3O3S/c1-3-23(18-10-6-16(2)7-11-18)21-20(24)17-8-12-19(13-9-17)27(25,26)22-14-4-5-15-22/h6-13H,3-5,14-15H2,1-2H3,(H,21,24). The molecule has 1 fully saturated rings. The third-order valence-electron chi connectivity index (χ3n) is 4.72. The van der Waals surface area contributed by atoms with Gasteiger partial charge in [-0.3, -0.25) is 15.2 Å². The van der Waals surface area contributed by atoms with Crippen LogP contribution in [0, 0.1) is 6.92 Å². The molecule has 144 valence electrons. The number of sulfonamides is 1. The quantitative estimate of drug-likeness (QED) is 0.774. The van der Waals surface area contributed by atoms with E-state index in [9.17, 15) is 13.2 Å². The lowest BCUT2D eigenvalue weighted by Gasteiger charge is -2.24. The second-order valence-corrected chi connectivity index (χ2v) is 8.59. The Hall–Kier alpha value is -2.38. The van der Waals surface area contributed by atoms with Crippen molar-refractivity contribution in [3.63, 3.8) is 0 Å². The first-order valence-corrected chi connectivity index (χ1v) is 10.6. The normalized spacial score (nSPS) is 14.9. The minimum absolute atomic E-state index is 0.229. The summed E-state index contributed by atoms with van der Waals surface area (Å²) >= 11 is 0. The molecule has 0 saturated carbocycles. The Balaban J connectivity index is 1.72. The first-order valence-electron chi connectivity index (χ1n) is 9.17. The summed E-state index contributed by atoms with van der Waals surface area (Å²) in [7, 11) is -3.46. The van der Waals surface area contributed by atoms with E-state index in [0.29, 0.717) is 25.2 Å². The molecule has 2 aromatic rings.